The lowest BCUT2D eigenvalue weighted by Gasteiger charge is -2.27. The molecule has 0 amide bonds. The predicted molar refractivity (Wildman–Crippen MR) is 84.4 cm³/mol. The molecule has 4 rings (SSSR count). The van der Waals surface area contributed by atoms with Crippen LogP contribution in [0.15, 0.2) is 24.5 Å². The Kier molecular flexibility index (Phi) is 2.92. The SMILES string of the molecule is Cc1nc(N2CCCC2c2cccnc2N)c2cn[nH]c2n1. The number of nitrogens with two attached hydrogens (primary N) is 1. The van der Waals surface area contributed by atoms with Gasteiger partial charge in [0.1, 0.15) is 17.5 Å². The molecule has 3 aromatic heterocycles. The maximum absolute atomic E-state index is 6.07. The van der Waals surface area contributed by atoms with Crippen molar-refractivity contribution in [3.8, 4) is 0 Å². The molecule has 3 N–H and O–H groups in total. The van der Waals surface area contributed by atoms with Crippen molar-refractivity contribution < 1.29 is 0 Å². The minimum absolute atomic E-state index is 0.195. The molecular weight excluding hydrogens is 278 g/mol. The van der Waals surface area contributed by atoms with Crippen LogP contribution < -0.4 is 10.6 Å². The molecule has 0 bridgehead atoms. The van der Waals surface area contributed by atoms with E-state index in [4.69, 9.17) is 5.73 Å². The molecule has 0 aromatic carbocycles. The second-order valence-electron chi connectivity index (χ2n) is 5.56. The Labute approximate surface area is 127 Å². The van der Waals surface area contributed by atoms with E-state index in [-0.39, 0.29) is 6.04 Å². The zero-order chi connectivity index (χ0) is 15.1. The van der Waals surface area contributed by atoms with Gasteiger partial charge in [0.25, 0.3) is 0 Å². The predicted octanol–water partition coefficient (Wildman–Crippen LogP) is 1.98. The molecule has 1 atom stereocenters. The number of rotatable bonds is 2. The molecule has 1 unspecified atom stereocenters. The summed E-state index contributed by atoms with van der Waals surface area (Å²) in [5.74, 6) is 2.24. The third kappa shape index (κ3) is 1.97. The average molecular weight is 295 g/mol. The number of nitrogens with zero attached hydrogens (tertiary/aromatic N) is 5. The van der Waals surface area contributed by atoms with Crippen LogP contribution in [0.25, 0.3) is 11.0 Å². The zero-order valence-electron chi connectivity index (χ0n) is 12.3. The lowest BCUT2D eigenvalue weighted by atomic mass is 10.1. The molecule has 0 aliphatic carbocycles. The lowest BCUT2D eigenvalue weighted by molar-refractivity contribution is 0.711. The molecule has 4 heterocycles. The van der Waals surface area contributed by atoms with Crippen LogP contribution in [0.1, 0.15) is 30.3 Å². The Morgan fingerprint density at radius 1 is 1.36 bits per heavy atom. The van der Waals surface area contributed by atoms with E-state index in [0.717, 1.165) is 47.6 Å². The van der Waals surface area contributed by atoms with Crippen LogP contribution in [0, 0.1) is 6.92 Å². The van der Waals surface area contributed by atoms with Gasteiger partial charge in [-0.1, -0.05) is 6.07 Å². The van der Waals surface area contributed by atoms with E-state index in [0.29, 0.717) is 5.82 Å². The molecule has 1 aliphatic rings. The van der Waals surface area contributed by atoms with E-state index in [1.54, 1.807) is 12.4 Å². The van der Waals surface area contributed by atoms with Crippen molar-refractivity contribution >= 4 is 22.7 Å². The van der Waals surface area contributed by atoms with Crippen molar-refractivity contribution in [3.63, 3.8) is 0 Å². The maximum Gasteiger partial charge on any atom is 0.161 e. The van der Waals surface area contributed by atoms with Crippen molar-refractivity contribution in [2.45, 2.75) is 25.8 Å². The van der Waals surface area contributed by atoms with Crippen LogP contribution in [0.3, 0.4) is 0 Å². The minimum Gasteiger partial charge on any atom is -0.383 e. The van der Waals surface area contributed by atoms with Gasteiger partial charge in [-0.25, -0.2) is 15.0 Å². The molecule has 1 fully saturated rings. The van der Waals surface area contributed by atoms with Crippen molar-refractivity contribution in [2.24, 2.45) is 0 Å². The fraction of sp³-hybridized carbons (Fsp3) is 0.333. The van der Waals surface area contributed by atoms with Gasteiger partial charge in [-0.2, -0.15) is 5.10 Å². The summed E-state index contributed by atoms with van der Waals surface area (Å²) in [6, 6.07) is 4.17. The number of aromatic amines is 1. The van der Waals surface area contributed by atoms with E-state index >= 15 is 0 Å². The highest BCUT2D eigenvalue weighted by molar-refractivity contribution is 5.86. The van der Waals surface area contributed by atoms with E-state index in [2.05, 4.69) is 30.0 Å². The number of nitrogen functional groups attached to an aromatic ring is 1. The fourth-order valence-electron chi connectivity index (χ4n) is 3.20. The second kappa shape index (κ2) is 4.94. The van der Waals surface area contributed by atoms with Gasteiger partial charge in [0.2, 0.25) is 0 Å². The number of aromatic nitrogens is 5. The normalized spacial score (nSPS) is 18.2. The van der Waals surface area contributed by atoms with E-state index < -0.39 is 0 Å². The summed E-state index contributed by atoms with van der Waals surface area (Å²) in [7, 11) is 0. The lowest BCUT2D eigenvalue weighted by Crippen LogP contribution is -2.25. The molecule has 0 radical (unpaired) electrons. The molecule has 1 aliphatic heterocycles. The van der Waals surface area contributed by atoms with Gasteiger partial charge in [0, 0.05) is 18.3 Å². The third-order valence-corrected chi connectivity index (χ3v) is 4.16. The number of H-pyrrole nitrogens is 1. The largest absolute Gasteiger partial charge is 0.383 e. The topological polar surface area (TPSA) is 96.6 Å². The monoisotopic (exact) mass is 295 g/mol. The summed E-state index contributed by atoms with van der Waals surface area (Å²) in [6.07, 6.45) is 5.65. The smallest absolute Gasteiger partial charge is 0.161 e. The third-order valence-electron chi connectivity index (χ3n) is 4.16. The van der Waals surface area contributed by atoms with E-state index in [9.17, 15) is 0 Å². The van der Waals surface area contributed by atoms with Crippen LogP contribution in [-0.2, 0) is 0 Å². The summed E-state index contributed by atoms with van der Waals surface area (Å²) < 4.78 is 0. The molecule has 112 valence electrons. The number of hydrogen-bond donors (Lipinski definition) is 2. The molecule has 7 heteroatoms. The Bertz CT molecular complexity index is 826. The van der Waals surface area contributed by atoms with Gasteiger partial charge in [-0.05, 0) is 25.8 Å². The van der Waals surface area contributed by atoms with Crippen LogP contribution in [0.2, 0.25) is 0 Å². The van der Waals surface area contributed by atoms with Crippen LogP contribution in [0.5, 0.6) is 0 Å². The van der Waals surface area contributed by atoms with Crippen molar-refractivity contribution in [3.05, 3.63) is 35.9 Å². The van der Waals surface area contributed by atoms with Gasteiger partial charge in [0.15, 0.2) is 5.65 Å². The van der Waals surface area contributed by atoms with Crippen LogP contribution >= 0.6 is 0 Å². The Morgan fingerprint density at radius 2 is 2.27 bits per heavy atom. The number of fused-ring (bicyclic) bond motifs is 1. The minimum atomic E-state index is 0.195. The first-order valence-corrected chi connectivity index (χ1v) is 7.39. The van der Waals surface area contributed by atoms with Crippen LogP contribution in [0.4, 0.5) is 11.6 Å². The molecule has 0 spiro atoms. The number of aryl methyl sites for hydroxylation is 1. The van der Waals surface area contributed by atoms with Gasteiger partial charge < -0.3 is 10.6 Å². The summed E-state index contributed by atoms with van der Waals surface area (Å²) in [6.45, 7) is 2.84. The molecule has 3 aromatic rings. The zero-order valence-corrected chi connectivity index (χ0v) is 12.3. The highest BCUT2D eigenvalue weighted by Crippen LogP contribution is 2.39. The van der Waals surface area contributed by atoms with Gasteiger partial charge in [-0.15, -0.1) is 0 Å². The number of hydrogen-bond acceptors (Lipinski definition) is 6. The van der Waals surface area contributed by atoms with Gasteiger partial charge in [0.05, 0.1) is 17.6 Å². The first-order chi connectivity index (χ1) is 10.7. The molecule has 0 saturated carbocycles. The first-order valence-electron chi connectivity index (χ1n) is 7.39. The summed E-state index contributed by atoms with van der Waals surface area (Å²) in [5.41, 5.74) is 7.91. The summed E-state index contributed by atoms with van der Waals surface area (Å²) >= 11 is 0. The first kappa shape index (κ1) is 13.0. The Balaban J connectivity index is 1.83. The fourth-order valence-corrected chi connectivity index (χ4v) is 3.20. The summed E-state index contributed by atoms with van der Waals surface area (Å²) in [5, 5.41) is 7.97. The van der Waals surface area contributed by atoms with E-state index in [1.165, 1.54) is 0 Å². The highest BCUT2D eigenvalue weighted by atomic mass is 15.3. The van der Waals surface area contributed by atoms with E-state index in [1.807, 2.05) is 19.1 Å². The van der Waals surface area contributed by atoms with Crippen molar-refractivity contribution in [1.82, 2.24) is 25.1 Å². The Hall–Kier alpha value is -2.70. The Morgan fingerprint density at radius 3 is 3.14 bits per heavy atom. The van der Waals surface area contributed by atoms with Gasteiger partial charge in [-0.3, -0.25) is 5.10 Å². The molecule has 1 saturated heterocycles. The van der Waals surface area contributed by atoms with Crippen molar-refractivity contribution in [2.75, 3.05) is 17.2 Å². The quantitative estimate of drug-likeness (QED) is 0.750. The van der Waals surface area contributed by atoms with Crippen molar-refractivity contribution in [1.29, 1.82) is 0 Å². The maximum atomic E-state index is 6.07. The average Bonchev–Trinajstić information content (AvgIpc) is 3.15. The van der Waals surface area contributed by atoms with Crippen LogP contribution in [-0.4, -0.2) is 31.7 Å². The molecule has 22 heavy (non-hydrogen) atoms. The second-order valence-corrected chi connectivity index (χ2v) is 5.56. The highest BCUT2D eigenvalue weighted by Gasteiger charge is 2.30. The summed E-state index contributed by atoms with van der Waals surface area (Å²) in [4.78, 5) is 15.6. The van der Waals surface area contributed by atoms with Gasteiger partial charge >= 0.3 is 0 Å². The number of anilines is 2. The number of pyridine rings is 1. The molecular formula is C15H17N7. The molecule has 7 nitrogen and oxygen atoms in total. The standard InChI is InChI=1S/C15H17N7/c1-9-19-14-11(8-18-21-14)15(20-9)22-7-3-5-12(22)10-4-2-6-17-13(10)16/h2,4,6,8,12H,3,5,7H2,1H3,(H2,16,17)(H,18,19,20,21). The number of nitrogens with one attached hydrogen (secondary N) is 1.